The maximum Gasteiger partial charge on any atom is 0.337 e. The fraction of sp³-hybridized carbons (Fsp3) is 0.556. The van der Waals surface area contributed by atoms with Crippen LogP contribution in [0.2, 0.25) is 0 Å². The highest BCUT2D eigenvalue weighted by Crippen LogP contribution is 2.10. The van der Waals surface area contributed by atoms with E-state index >= 15 is 0 Å². The Kier molecular flexibility index (Phi) is 3.22. The summed E-state index contributed by atoms with van der Waals surface area (Å²) >= 11 is 0. The Hall–Kier alpha value is -2.12. The molecule has 2 amide bonds. The van der Waals surface area contributed by atoms with E-state index in [9.17, 15) is 9.59 Å². The molecule has 8 nitrogen and oxygen atoms in total. The zero-order chi connectivity index (χ0) is 12.3. The molecule has 1 aromatic heterocycles. The molecule has 92 valence electrons. The lowest BCUT2D eigenvalue weighted by atomic mass is 10.2. The molecule has 0 spiro atoms. The molecule has 0 unspecified atom stereocenters. The van der Waals surface area contributed by atoms with Crippen LogP contribution in [0.5, 0.6) is 6.01 Å². The second-order valence-corrected chi connectivity index (χ2v) is 3.55. The van der Waals surface area contributed by atoms with Crippen LogP contribution in [0.3, 0.4) is 0 Å². The third-order valence-electron chi connectivity index (χ3n) is 2.29. The van der Waals surface area contributed by atoms with Gasteiger partial charge in [-0.3, -0.25) is 14.9 Å². The summed E-state index contributed by atoms with van der Waals surface area (Å²) in [5.74, 6) is -0.215. The third-order valence-corrected chi connectivity index (χ3v) is 2.29. The van der Waals surface area contributed by atoms with Gasteiger partial charge >= 0.3 is 6.01 Å². The Balaban J connectivity index is 1.91. The first kappa shape index (κ1) is 11.4. The second-order valence-electron chi connectivity index (χ2n) is 3.55. The number of nitrogens with zero attached hydrogens (tertiary/aromatic N) is 2. The highest BCUT2D eigenvalue weighted by atomic mass is 16.5. The number of nitrogens with one attached hydrogen (secondary N) is 3. The average Bonchev–Trinajstić information content (AvgIpc) is 2.88. The Morgan fingerprint density at radius 3 is 3.12 bits per heavy atom. The van der Waals surface area contributed by atoms with Crippen LogP contribution < -0.4 is 15.4 Å². The lowest BCUT2D eigenvalue weighted by molar-refractivity contribution is -0.122. The van der Waals surface area contributed by atoms with E-state index in [1.54, 1.807) is 0 Å². The van der Waals surface area contributed by atoms with E-state index in [2.05, 4.69) is 25.8 Å². The standard InChI is InChI=1S/C9H13N5O3/c1-2-17-9-12-8(13-14-9)11-7(16)5-3-4-6(15)10-5/h5H,2-4H2,1H3,(H,10,15)(H2,11,12,13,14,16)/t5-/m0/s1. The van der Waals surface area contributed by atoms with Gasteiger partial charge in [0.25, 0.3) is 0 Å². The Morgan fingerprint density at radius 1 is 1.65 bits per heavy atom. The molecule has 8 heteroatoms. The van der Waals surface area contributed by atoms with Gasteiger partial charge in [0, 0.05) is 6.42 Å². The van der Waals surface area contributed by atoms with E-state index in [1.165, 1.54) is 0 Å². The maximum atomic E-state index is 11.7. The summed E-state index contributed by atoms with van der Waals surface area (Å²) < 4.78 is 5.04. The van der Waals surface area contributed by atoms with Gasteiger partial charge in [0.05, 0.1) is 6.61 Å². The number of hydrogen-bond acceptors (Lipinski definition) is 5. The molecule has 1 aliphatic heterocycles. The van der Waals surface area contributed by atoms with Crippen LogP contribution >= 0.6 is 0 Å². The number of carbonyl (C=O) groups excluding carboxylic acids is 2. The molecule has 0 saturated carbocycles. The summed E-state index contributed by atoms with van der Waals surface area (Å²) in [4.78, 5) is 26.5. The van der Waals surface area contributed by atoms with Crippen molar-refractivity contribution in [2.45, 2.75) is 25.8 Å². The predicted molar refractivity (Wildman–Crippen MR) is 57.3 cm³/mol. The van der Waals surface area contributed by atoms with Gasteiger partial charge in [-0.15, -0.1) is 5.10 Å². The van der Waals surface area contributed by atoms with Crippen LogP contribution in [-0.2, 0) is 9.59 Å². The van der Waals surface area contributed by atoms with Crippen molar-refractivity contribution in [3.63, 3.8) is 0 Å². The monoisotopic (exact) mass is 239 g/mol. The normalized spacial score (nSPS) is 18.9. The second kappa shape index (κ2) is 4.81. The molecule has 1 aliphatic rings. The summed E-state index contributed by atoms with van der Waals surface area (Å²) in [6.45, 7) is 2.26. The van der Waals surface area contributed by atoms with E-state index in [1.807, 2.05) is 6.92 Å². The molecule has 0 aromatic carbocycles. The van der Waals surface area contributed by atoms with Gasteiger partial charge in [0.2, 0.25) is 17.8 Å². The van der Waals surface area contributed by atoms with Crippen LogP contribution in [0.15, 0.2) is 0 Å². The van der Waals surface area contributed by atoms with E-state index in [0.29, 0.717) is 19.4 Å². The van der Waals surface area contributed by atoms with Crippen LogP contribution in [0, 0.1) is 0 Å². The molecule has 0 aliphatic carbocycles. The Labute approximate surface area is 97.1 Å². The summed E-state index contributed by atoms with van der Waals surface area (Å²) in [5, 5.41) is 11.3. The average molecular weight is 239 g/mol. The number of anilines is 1. The van der Waals surface area contributed by atoms with Crippen molar-refractivity contribution in [3.05, 3.63) is 0 Å². The lowest BCUT2D eigenvalue weighted by Gasteiger charge is -2.07. The van der Waals surface area contributed by atoms with Gasteiger partial charge in [0.1, 0.15) is 6.04 Å². The fourth-order valence-electron chi connectivity index (χ4n) is 1.51. The first-order valence-corrected chi connectivity index (χ1v) is 5.34. The molecule has 1 saturated heterocycles. The van der Waals surface area contributed by atoms with E-state index in [-0.39, 0.29) is 23.8 Å². The van der Waals surface area contributed by atoms with Crippen molar-refractivity contribution < 1.29 is 14.3 Å². The van der Waals surface area contributed by atoms with Crippen molar-refractivity contribution in [1.29, 1.82) is 0 Å². The van der Waals surface area contributed by atoms with Gasteiger partial charge in [0.15, 0.2) is 0 Å². The molecule has 2 rings (SSSR count). The zero-order valence-corrected chi connectivity index (χ0v) is 9.32. The minimum Gasteiger partial charge on any atom is -0.463 e. The Morgan fingerprint density at radius 2 is 2.47 bits per heavy atom. The first-order valence-electron chi connectivity index (χ1n) is 5.34. The third kappa shape index (κ3) is 2.71. The van der Waals surface area contributed by atoms with E-state index in [0.717, 1.165) is 0 Å². The summed E-state index contributed by atoms with van der Waals surface area (Å²) in [6.07, 6.45) is 0.871. The molecule has 17 heavy (non-hydrogen) atoms. The van der Waals surface area contributed by atoms with Crippen LogP contribution in [0.25, 0.3) is 0 Å². The summed E-state index contributed by atoms with van der Waals surface area (Å²) in [7, 11) is 0. The highest BCUT2D eigenvalue weighted by molar-refractivity contribution is 5.97. The van der Waals surface area contributed by atoms with Crippen molar-refractivity contribution >= 4 is 17.8 Å². The van der Waals surface area contributed by atoms with Crippen molar-refractivity contribution in [3.8, 4) is 6.01 Å². The van der Waals surface area contributed by atoms with Gasteiger partial charge in [-0.2, -0.15) is 4.98 Å². The molecular weight excluding hydrogens is 226 g/mol. The highest BCUT2D eigenvalue weighted by Gasteiger charge is 2.27. The number of hydrogen-bond donors (Lipinski definition) is 3. The lowest BCUT2D eigenvalue weighted by Crippen LogP contribution is -2.37. The zero-order valence-electron chi connectivity index (χ0n) is 9.32. The Bertz CT molecular complexity index is 430. The van der Waals surface area contributed by atoms with Crippen molar-refractivity contribution in [1.82, 2.24) is 20.5 Å². The molecular formula is C9H13N5O3. The molecule has 0 bridgehead atoms. The van der Waals surface area contributed by atoms with Crippen molar-refractivity contribution in [2.75, 3.05) is 11.9 Å². The number of carbonyl (C=O) groups is 2. The van der Waals surface area contributed by atoms with Crippen LogP contribution in [0.1, 0.15) is 19.8 Å². The number of rotatable bonds is 4. The molecule has 1 aromatic rings. The molecule has 3 N–H and O–H groups in total. The minimum absolute atomic E-state index is 0.113. The largest absolute Gasteiger partial charge is 0.463 e. The molecule has 1 fully saturated rings. The molecule has 2 heterocycles. The summed E-state index contributed by atoms with van der Waals surface area (Å²) in [6, 6.07) is -0.318. The number of H-pyrrole nitrogens is 1. The molecule has 1 atom stereocenters. The minimum atomic E-state index is -0.497. The van der Waals surface area contributed by atoms with Crippen molar-refractivity contribution in [2.24, 2.45) is 0 Å². The molecule has 0 radical (unpaired) electrons. The van der Waals surface area contributed by atoms with Gasteiger partial charge in [-0.05, 0) is 13.3 Å². The van der Waals surface area contributed by atoms with Gasteiger partial charge < -0.3 is 10.1 Å². The van der Waals surface area contributed by atoms with Gasteiger partial charge in [-0.25, -0.2) is 5.10 Å². The van der Waals surface area contributed by atoms with E-state index < -0.39 is 6.04 Å². The van der Waals surface area contributed by atoms with E-state index in [4.69, 9.17) is 4.74 Å². The topological polar surface area (TPSA) is 109 Å². The number of aromatic amines is 1. The van der Waals surface area contributed by atoms with Gasteiger partial charge in [-0.1, -0.05) is 0 Å². The van der Waals surface area contributed by atoms with Crippen LogP contribution in [-0.4, -0.2) is 39.6 Å². The smallest absolute Gasteiger partial charge is 0.337 e. The van der Waals surface area contributed by atoms with Crippen LogP contribution in [0.4, 0.5) is 5.95 Å². The predicted octanol–water partition coefficient (Wildman–Crippen LogP) is -0.580. The fourth-order valence-corrected chi connectivity index (χ4v) is 1.51. The number of aromatic nitrogens is 3. The number of ether oxygens (including phenoxy) is 1. The maximum absolute atomic E-state index is 11.7. The first-order chi connectivity index (χ1) is 8.19. The number of amides is 2. The quantitative estimate of drug-likeness (QED) is 0.651. The SMILES string of the molecule is CCOc1n[nH]c(NC(=O)[C@@H]2CCC(=O)N2)n1. The summed E-state index contributed by atoms with van der Waals surface area (Å²) in [5.41, 5.74) is 0.